The number of pyridine rings is 1. The van der Waals surface area contributed by atoms with Gasteiger partial charge < -0.3 is 9.84 Å². The van der Waals surface area contributed by atoms with Crippen LogP contribution in [0, 0.1) is 6.92 Å². The van der Waals surface area contributed by atoms with Crippen LogP contribution in [0.25, 0.3) is 16.6 Å². The summed E-state index contributed by atoms with van der Waals surface area (Å²) in [6.07, 6.45) is -0.796. The second-order valence-corrected chi connectivity index (χ2v) is 6.48. The molecule has 1 atom stereocenters. The highest BCUT2D eigenvalue weighted by Gasteiger charge is 2.16. The number of carbonyl (C=O) groups excluding carboxylic acids is 1. The Kier molecular flexibility index (Phi) is 5.01. The number of benzene rings is 1. The monoisotopic (exact) mass is 345 g/mol. The second-order valence-electron chi connectivity index (χ2n) is 5.49. The van der Waals surface area contributed by atoms with Crippen molar-refractivity contribution in [2.45, 2.75) is 31.5 Å². The number of thioether (sulfide) groups is 1. The number of fused-ring (bicyclic) bond motifs is 3. The van der Waals surface area contributed by atoms with E-state index in [1.807, 2.05) is 35.6 Å². The molecule has 126 valence electrons. The predicted molar refractivity (Wildman–Crippen MR) is 93.2 cm³/mol. The average molecular weight is 345 g/mol. The molecule has 0 aliphatic carbocycles. The first-order valence-corrected chi connectivity index (χ1v) is 8.78. The Morgan fingerprint density at radius 1 is 1.38 bits per heavy atom. The smallest absolute Gasteiger partial charge is 0.308 e. The molecule has 7 heteroatoms. The Bertz CT molecular complexity index is 878. The van der Waals surface area contributed by atoms with Gasteiger partial charge >= 0.3 is 5.97 Å². The molecule has 0 spiro atoms. The molecule has 1 N–H and O–H groups in total. The average Bonchev–Trinajstić information content (AvgIpc) is 2.96. The summed E-state index contributed by atoms with van der Waals surface area (Å²) >= 11 is 1.38. The zero-order chi connectivity index (χ0) is 17.1. The molecule has 2 aromatic heterocycles. The molecule has 24 heavy (non-hydrogen) atoms. The fraction of sp³-hybridized carbons (Fsp3) is 0.353. The minimum absolute atomic E-state index is 0.0164. The minimum atomic E-state index is -0.780. The number of rotatable bonds is 6. The normalized spacial score (nSPS) is 12.6. The SMILES string of the molecule is CCOC(=O)C[C@H](O)CSc1nnc2cc(C)c3ccccc3n12. The highest BCUT2D eigenvalue weighted by Crippen LogP contribution is 2.26. The molecule has 0 aliphatic rings. The maximum Gasteiger partial charge on any atom is 0.308 e. The Labute approximate surface area is 143 Å². The molecular formula is C17H19N3O3S. The van der Waals surface area contributed by atoms with Crippen LogP contribution >= 0.6 is 11.8 Å². The summed E-state index contributed by atoms with van der Waals surface area (Å²) in [6.45, 7) is 4.11. The lowest BCUT2D eigenvalue weighted by molar-refractivity contribution is -0.144. The van der Waals surface area contributed by atoms with E-state index in [9.17, 15) is 9.90 Å². The first kappa shape index (κ1) is 16.7. The van der Waals surface area contributed by atoms with Crippen molar-refractivity contribution in [1.29, 1.82) is 0 Å². The van der Waals surface area contributed by atoms with Gasteiger partial charge in [-0.05, 0) is 31.5 Å². The van der Waals surface area contributed by atoms with Crippen molar-refractivity contribution >= 4 is 34.3 Å². The molecule has 0 fully saturated rings. The third-order valence-electron chi connectivity index (χ3n) is 3.69. The van der Waals surface area contributed by atoms with E-state index in [2.05, 4.69) is 16.3 Å². The van der Waals surface area contributed by atoms with Crippen LogP contribution in [0.3, 0.4) is 0 Å². The Morgan fingerprint density at radius 3 is 2.96 bits per heavy atom. The van der Waals surface area contributed by atoms with E-state index in [1.165, 1.54) is 11.8 Å². The molecule has 3 rings (SSSR count). The fourth-order valence-electron chi connectivity index (χ4n) is 2.61. The maximum atomic E-state index is 11.4. The molecule has 0 radical (unpaired) electrons. The molecular weight excluding hydrogens is 326 g/mol. The second kappa shape index (κ2) is 7.19. The Hall–Kier alpha value is -2.12. The van der Waals surface area contributed by atoms with Crippen molar-refractivity contribution in [3.05, 3.63) is 35.9 Å². The van der Waals surface area contributed by atoms with Crippen LogP contribution in [-0.2, 0) is 9.53 Å². The lowest BCUT2D eigenvalue weighted by Crippen LogP contribution is -2.18. The molecule has 0 amide bonds. The number of aliphatic hydroxyl groups is 1. The predicted octanol–water partition coefficient (Wildman–Crippen LogP) is 2.60. The number of nitrogens with zero attached hydrogens (tertiary/aromatic N) is 3. The Morgan fingerprint density at radius 2 is 2.17 bits per heavy atom. The molecule has 0 saturated heterocycles. The number of aliphatic hydroxyl groups excluding tert-OH is 1. The van der Waals surface area contributed by atoms with Crippen LogP contribution in [0.15, 0.2) is 35.5 Å². The number of ether oxygens (including phenoxy) is 1. The van der Waals surface area contributed by atoms with Crippen molar-refractivity contribution in [3.63, 3.8) is 0 Å². The van der Waals surface area contributed by atoms with E-state index in [0.717, 1.165) is 22.1 Å². The first-order chi connectivity index (χ1) is 11.6. The van der Waals surface area contributed by atoms with E-state index in [4.69, 9.17) is 4.74 Å². The molecule has 0 unspecified atom stereocenters. The van der Waals surface area contributed by atoms with Crippen molar-refractivity contribution < 1.29 is 14.6 Å². The number of hydrogen-bond acceptors (Lipinski definition) is 6. The van der Waals surface area contributed by atoms with Gasteiger partial charge in [-0.1, -0.05) is 30.0 Å². The van der Waals surface area contributed by atoms with Crippen LogP contribution in [0.2, 0.25) is 0 Å². The summed E-state index contributed by atoms with van der Waals surface area (Å²) in [5.74, 6) is -0.0419. The zero-order valence-electron chi connectivity index (χ0n) is 13.6. The zero-order valence-corrected chi connectivity index (χ0v) is 14.4. The summed E-state index contributed by atoms with van der Waals surface area (Å²) in [4.78, 5) is 11.4. The van der Waals surface area contributed by atoms with Gasteiger partial charge in [-0.3, -0.25) is 9.20 Å². The lowest BCUT2D eigenvalue weighted by Gasteiger charge is -2.10. The molecule has 0 bridgehead atoms. The van der Waals surface area contributed by atoms with E-state index in [0.29, 0.717) is 17.5 Å². The fourth-order valence-corrected chi connectivity index (χ4v) is 3.49. The van der Waals surface area contributed by atoms with E-state index in [1.54, 1.807) is 6.92 Å². The molecule has 6 nitrogen and oxygen atoms in total. The van der Waals surface area contributed by atoms with Gasteiger partial charge in [-0.25, -0.2) is 0 Å². The van der Waals surface area contributed by atoms with Gasteiger partial charge in [0.05, 0.1) is 24.6 Å². The van der Waals surface area contributed by atoms with Gasteiger partial charge in [0.1, 0.15) is 0 Å². The highest BCUT2D eigenvalue weighted by atomic mass is 32.2. The number of esters is 1. The number of aryl methyl sites for hydroxylation is 1. The topological polar surface area (TPSA) is 76.7 Å². The van der Waals surface area contributed by atoms with Gasteiger partial charge in [0, 0.05) is 11.1 Å². The van der Waals surface area contributed by atoms with Crippen LogP contribution < -0.4 is 0 Å². The first-order valence-electron chi connectivity index (χ1n) is 7.80. The molecule has 1 aromatic carbocycles. The summed E-state index contributed by atoms with van der Waals surface area (Å²) in [5, 5.41) is 20.3. The number of carbonyl (C=O) groups is 1. The van der Waals surface area contributed by atoms with Crippen LogP contribution in [-0.4, -0.2) is 44.1 Å². The van der Waals surface area contributed by atoms with Gasteiger partial charge in [-0.2, -0.15) is 0 Å². The number of para-hydroxylation sites is 1. The number of hydrogen-bond donors (Lipinski definition) is 1. The highest BCUT2D eigenvalue weighted by molar-refractivity contribution is 7.99. The van der Waals surface area contributed by atoms with Gasteiger partial charge in [0.15, 0.2) is 10.8 Å². The molecule has 3 aromatic rings. The quantitative estimate of drug-likeness (QED) is 0.547. The third kappa shape index (κ3) is 3.37. The maximum absolute atomic E-state index is 11.4. The van der Waals surface area contributed by atoms with Crippen molar-refractivity contribution in [1.82, 2.24) is 14.6 Å². The van der Waals surface area contributed by atoms with Crippen LogP contribution in [0.1, 0.15) is 18.9 Å². The van der Waals surface area contributed by atoms with Gasteiger partial charge in [0.2, 0.25) is 0 Å². The summed E-state index contributed by atoms with van der Waals surface area (Å²) in [7, 11) is 0. The van der Waals surface area contributed by atoms with E-state index in [-0.39, 0.29) is 6.42 Å². The lowest BCUT2D eigenvalue weighted by atomic mass is 10.1. The molecule has 0 saturated carbocycles. The van der Waals surface area contributed by atoms with Crippen molar-refractivity contribution in [2.24, 2.45) is 0 Å². The third-order valence-corrected chi connectivity index (χ3v) is 4.76. The van der Waals surface area contributed by atoms with Gasteiger partial charge in [-0.15, -0.1) is 10.2 Å². The van der Waals surface area contributed by atoms with Crippen LogP contribution in [0.4, 0.5) is 0 Å². The number of aromatic nitrogens is 3. The van der Waals surface area contributed by atoms with Gasteiger partial charge in [0.25, 0.3) is 0 Å². The van der Waals surface area contributed by atoms with E-state index >= 15 is 0 Å². The Balaban J connectivity index is 1.83. The summed E-state index contributed by atoms with van der Waals surface area (Å²) in [6, 6.07) is 10.1. The van der Waals surface area contributed by atoms with Crippen LogP contribution in [0.5, 0.6) is 0 Å². The molecule has 2 heterocycles. The largest absolute Gasteiger partial charge is 0.466 e. The van der Waals surface area contributed by atoms with Crippen molar-refractivity contribution in [2.75, 3.05) is 12.4 Å². The van der Waals surface area contributed by atoms with Crippen molar-refractivity contribution in [3.8, 4) is 0 Å². The summed E-state index contributed by atoms with van der Waals surface area (Å²) in [5.41, 5.74) is 2.94. The summed E-state index contributed by atoms with van der Waals surface area (Å²) < 4.78 is 6.83. The minimum Gasteiger partial charge on any atom is -0.466 e. The standard InChI is InChI=1S/C17H19N3O3S/c1-3-23-16(22)9-12(21)10-24-17-19-18-15-8-11(2)13-6-4-5-7-14(13)20(15)17/h4-8,12,21H,3,9-10H2,1-2H3/t12-/m0/s1. The molecule has 0 aliphatic heterocycles. The van der Waals surface area contributed by atoms with E-state index < -0.39 is 12.1 Å².